The van der Waals surface area contributed by atoms with Crippen molar-refractivity contribution in [1.82, 2.24) is 25.8 Å². The van der Waals surface area contributed by atoms with Crippen molar-refractivity contribution in [3.63, 3.8) is 0 Å². The number of aliphatic carboxylic acids is 1. The van der Waals surface area contributed by atoms with Crippen LogP contribution in [0, 0.1) is 5.92 Å². The number of aliphatic hydroxyl groups is 1. The third-order valence-electron chi connectivity index (χ3n) is 10.3. The van der Waals surface area contributed by atoms with Crippen molar-refractivity contribution in [2.24, 2.45) is 5.92 Å². The number of hydrogen-bond donors (Lipinski definition) is 7. The summed E-state index contributed by atoms with van der Waals surface area (Å²) in [5, 5.41) is 48.9. The number of hydrogen-bond acceptors (Lipinski definition) is 9. The fourth-order valence-corrected chi connectivity index (χ4v) is 7.02. The molecule has 6 atom stereocenters. The number of benzene rings is 2. The lowest BCUT2D eigenvalue weighted by Gasteiger charge is -2.35. The average molecular weight is 768 g/mol. The highest BCUT2D eigenvalue weighted by Gasteiger charge is 2.42. The minimum Gasteiger partial charge on any atom is -0.508 e. The van der Waals surface area contributed by atoms with E-state index in [1.165, 1.54) is 41.1 Å². The number of rotatable bonds is 22. The van der Waals surface area contributed by atoms with E-state index in [4.69, 9.17) is 0 Å². The predicted molar refractivity (Wildman–Crippen MR) is 208 cm³/mol. The molecule has 304 valence electrons. The molecule has 1 heterocycles. The molecule has 14 heteroatoms. The molecule has 55 heavy (non-hydrogen) atoms. The standard InChI is InChI=1S/C41H61N5O9/c1-6-7-8-9-10-12-31(42-4)36(49)40(53)46-22-11-13-34(46)39(52)45(5)35(23-26(2)3)38(51)43-32(24-27-14-18-29(47)19-15-27)37(50)44-33(41(54)55)25-28-16-20-30(48)21-17-28/h14-21,26,31-36,42,47-49H,6-13,22-25H2,1-5H3,(H,43,51)(H,44,50)(H,54,55). The van der Waals surface area contributed by atoms with E-state index in [-0.39, 0.29) is 43.2 Å². The van der Waals surface area contributed by atoms with Crippen LogP contribution in [0.4, 0.5) is 0 Å². The number of aromatic hydroxyl groups is 2. The zero-order valence-electron chi connectivity index (χ0n) is 32.9. The molecule has 1 saturated heterocycles. The summed E-state index contributed by atoms with van der Waals surface area (Å²) >= 11 is 0. The Kier molecular flexibility index (Phi) is 17.9. The van der Waals surface area contributed by atoms with Crippen molar-refractivity contribution in [2.75, 3.05) is 20.6 Å². The van der Waals surface area contributed by atoms with Crippen LogP contribution >= 0.6 is 0 Å². The van der Waals surface area contributed by atoms with Gasteiger partial charge in [0.15, 0.2) is 0 Å². The Hall–Kier alpha value is -4.69. The van der Waals surface area contributed by atoms with Gasteiger partial charge in [-0.25, -0.2) is 4.79 Å². The molecule has 1 fully saturated rings. The minimum absolute atomic E-state index is 0.00149. The number of likely N-dealkylation sites (tertiary alicyclic amines) is 1. The zero-order valence-corrected chi connectivity index (χ0v) is 32.9. The maximum atomic E-state index is 14.2. The largest absolute Gasteiger partial charge is 0.508 e. The van der Waals surface area contributed by atoms with Gasteiger partial charge in [0.25, 0.3) is 5.91 Å². The topological polar surface area (TPSA) is 209 Å². The number of carboxylic acids is 1. The summed E-state index contributed by atoms with van der Waals surface area (Å²) in [5.41, 5.74) is 1.13. The summed E-state index contributed by atoms with van der Waals surface area (Å²) < 4.78 is 0. The number of phenolic OH excluding ortho intramolecular Hbond substituents is 2. The molecular formula is C41H61N5O9. The van der Waals surface area contributed by atoms with Crippen LogP contribution in [0.5, 0.6) is 11.5 Å². The molecule has 0 aromatic heterocycles. The summed E-state index contributed by atoms with van der Waals surface area (Å²) in [5.74, 6) is -3.75. The molecule has 0 spiro atoms. The minimum atomic E-state index is -1.36. The van der Waals surface area contributed by atoms with Gasteiger partial charge in [0, 0.05) is 32.5 Å². The van der Waals surface area contributed by atoms with E-state index in [0.29, 0.717) is 30.4 Å². The molecule has 14 nitrogen and oxygen atoms in total. The second-order valence-electron chi connectivity index (χ2n) is 15.0. The van der Waals surface area contributed by atoms with Crippen LogP contribution in [0.25, 0.3) is 0 Å². The van der Waals surface area contributed by atoms with Crippen LogP contribution in [-0.2, 0) is 36.8 Å². The third kappa shape index (κ3) is 13.5. The predicted octanol–water partition coefficient (Wildman–Crippen LogP) is 3.11. The third-order valence-corrected chi connectivity index (χ3v) is 10.3. The smallest absolute Gasteiger partial charge is 0.326 e. The fourth-order valence-electron chi connectivity index (χ4n) is 7.02. The van der Waals surface area contributed by atoms with Gasteiger partial charge in [-0.1, -0.05) is 77.1 Å². The SMILES string of the molecule is CCCCCCCC(NC)C(O)C(=O)N1CCCC1C(=O)N(C)C(CC(C)C)C(=O)NC(Cc1ccc(O)cc1)C(=O)NC(Cc1ccc(O)cc1)C(=O)O. The number of amides is 4. The molecule has 0 saturated carbocycles. The molecular weight excluding hydrogens is 706 g/mol. The molecule has 3 rings (SSSR count). The van der Waals surface area contributed by atoms with E-state index in [1.807, 2.05) is 13.8 Å². The maximum absolute atomic E-state index is 14.2. The summed E-state index contributed by atoms with van der Waals surface area (Å²) in [7, 11) is 3.20. The van der Waals surface area contributed by atoms with Gasteiger partial charge in [-0.2, -0.15) is 0 Å². The molecule has 1 aliphatic rings. The number of aliphatic hydroxyl groups excluding tert-OH is 1. The number of carboxylic acid groups (broad SMARTS) is 1. The zero-order chi connectivity index (χ0) is 40.7. The number of unbranched alkanes of at least 4 members (excludes halogenated alkanes) is 4. The summed E-state index contributed by atoms with van der Waals surface area (Å²) in [6.45, 7) is 6.21. The van der Waals surface area contributed by atoms with Crippen LogP contribution < -0.4 is 16.0 Å². The van der Waals surface area contributed by atoms with Crippen molar-refractivity contribution in [2.45, 2.75) is 128 Å². The highest BCUT2D eigenvalue weighted by molar-refractivity contribution is 5.95. The monoisotopic (exact) mass is 767 g/mol. The first kappa shape index (κ1) is 44.7. The van der Waals surface area contributed by atoms with Gasteiger partial charge in [-0.15, -0.1) is 0 Å². The summed E-state index contributed by atoms with van der Waals surface area (Å²) in [6, 6.07) is 6.91. The molecule has 2 aromatic carbocycles. The van der Waals surface area contributed by atoms with Crippen molar-refractivity contribution in [3.05, 3.63) is 59.7 Å². The number of nitrogens with one attached hydrogen (secondary N) is 3. The molecule has 0 bridgehead atoms. The normalized spacial score (nSPS) is 16.9. The van der Waals surface area contributed by atoms with E-state index >= 15 is 0 Å². The first-order valence-corrected chi connectivity index (χ1v) is 19.5. The van der Waals surface area contributed by atoms with Gasteiger partial charge in [-0.3, -0.25) is 19.2 Å². The van der Waals surface area contributed by atoms with Crippen LogP contribution in [-0.4, -0.2) is 117 Å². The first-order chi connectivity index (χ1) is 26.2. The number of likely N-dealkylation sites (N-methyl/N-ethyl adjacent to an activating group) is 2. The molecule has 7 N–H and O–H groups in total. The Morgan fingerprint density at radius 3 is 1.91 bits per heavy atom. The van der Waals surface area contributed by atoms with Gasteiger partial charge < -0.3 is 46.2 Å². The Bertz CT molecular complexity index is 1550. The second-order valence-corrected chi connectivity index (χ2v) is 15.0. The Labute approximate surface area is 324 Å². The van der Waals surface area contributed by atoms with Gasteiger partial charge in [0.05, 0.1) is 0 Å². The van der Waals surface area contributed by atoms with Crippen LogP contribution in [0.2, 0.25) is 0 Å². The summed E-state index contributed by atoms with van der Waals surface area (Å²) in [4.78, 5) is 70.7. The lowest BCUT2D eigenvalue weighted by Crippen LogP contribution is -2.59. The maximum Gasteiger partial charge on any atom is 0.326 e. The molecule has 1 aliphatic heterocycles. The van der Waals surface area contributed by atoms with Crippen molar-refractivity contribution in [3.8, 4) is 11.5 Å². The molecule has 0 radical (unpaired) electrons. The van der Waals surface area contributed by atoms with Crippen molar-refractivity contribution >= 4 is 29.6 Å². The second kappa shape index (κ2) is 22.0. The van der Waals surface area contributed by atoms with Crippen LogP contribution in [0.15, 0.2) is 48.5 Å². The van der Waals surface area contributed by atoms with Crippen molar-refractivity contribution < 1.29 is 44.4 Å². The molecule has 2 aromatic rings. The van der Waals surface area contributed by atoms with E-state index in [1.54, 1.807) is 31.3 Å². The lowest BCUT2D eigenvalue weighted by atomic mass is 9.98. The molecule has 6 unspecified atom stereocenters. The fraction of sp³-hybridized carbons (Fsp3) is 0.585. The van der Waals surface area contributed by atoms with E-state index in [0.717, 1.165) is 32.1 Å². The number of carbonyl (C=O) groups excluding carboxylic acids is 4. The average Bonchev–Trinajstić information content (AvgIpc) is 3.65. The van der Waals surface area contributed by atoms with Gasteiger partial charge in [0.2, 0.25) is 17.7 Å². The van der Waals surface area contributed by atoms with Crippen LogP contribution in [0.3, 0.4) is 0 Å². The molecule has 4 amide bonds. The van der Waals surface area contributed by atoms with E-state index < -0.39 is 65.9 Å². The van der Waals surface area contributed by atoms with Gasteiger partial charge in [0.1, 0.15) is 41.8 Å². The highest BCUT2D eigenvalue weighted by Crippen LogP contribution is 2.24. The van der Waals surface area contributed by atoms with E-state index in [2.05, 4.69) is 22.9 Å². The van der Waals surface area contributed by atoms with E-state index in [9.17, 15) is 44.4 Å². The number of nitrogens with zero attached hydrogens (tertiary/aromatic N) is 2. The number of carbonyl (C=O) groups is 5. The highest BCUT2D eigenvalue weighted by atomic mass is 16.4. The summed E-state index contributed by atoms with van der Waals surface area (Å²) in [6.07, 6.45) is 5.45. The van der Waals surface area contributed by atoms with Gasteiger partial charge >= 0.3 is 5.97 Å². The van der Waals surface area contributed by atoms with Gasteiger partial charge in [-0.05, 0) is 74.0 Å². The number of phenols is 2. The van der Waals surface area contributed by atoms with Crippen molar-refractivity contribution in [1.29, 1.82) is 0 Å². The Morgan fingerprint density at radius 1 is 0.836 bits per heavy atom. The van der Waals surface area contributed by atoms with Crippen LogP contribution in [0.1, 0.15) is 89.7 Å². The lowest BCUT2D eigenvalue weighted by molar-refractivity contribution is -0.151. The molecule has 0 aliphatic carbocycles. The first-order valence-electron chi connectivity index (χ1n) is 19.5. The Balaban J connectivity index is 1.81. The quantitative estimate of drug-likeness (QED) is 0.0872. The Morgan fingerprint density at radius 2 is 1.38 bits per heavy atom.